The number of nitrogens with zero attached hydrogens (tertiary/aromatic N) is 1. The van der Waals surface area contributed by atoms with E-state index in [1.165, 1.54) is 43.2 Å². The second kappa shape index (κ2) is 6.93. The number of rotatable bonds is 2. The molecule has 0 radical (unpaired) electrons. The molecule has 0 N–H and O–H groups in total. The third-order valence-electron chi connectivity index (χ3n) is 4.74. The highest BCUT2D eigenvalue weighted by molar-refractivity contribution is 6.01. The quantitative estimate of drug-likeness (QED) is 0.787. The summed E-state index contributed by atoms with van der Waals surface area (Å²) in [5, 5.41) is 0. The molecule has 2 aliphatic rings. The first-order valence-corrected chi connectivity index (χ1v) is 8.43. The normalized spacial score (nSPS) is 20.3. The van der Waals surface area contributed by atoms with Crippen molar-refractivity contribution in [3.8, 4) is 0 Å². The molecule has 1 heterocycles. The van der Waals surface area contributed by atoms with Gasteiger partial charge in [0.05, 0.1) is 0 Å². The maximum atomic E-state index is 13.0. The Hall–Kier alpha value is -1.57. The van der Waals surface area contributed by atoms with E-state index in [0.717, 1.165) is 37.9 Å². The molecule has 1 aliphatic carbocycles. The molecule has 0 saturated carbocycles. The van der Waals surface area contributed by atoms with Crippen molar-refractivity contribution in [1.29, 1.82) is 0 Å². The first-order valence-electron chi connectivity index (χ1n) is 8.43. The molecule has 0 spiro atoms. The molecule has 2 nitrogen and oxygen atoms in total. The lowest BCUT2D eigenvalue weighted by atomic mass is 9.86. The van der Waals surface area contributed by atoms with Crippen LogP contribution in [-0.2, 0) is 4.79 Å². The summed E-state index contributed by atoms with van der Waals surface area (Å²) in [4.78, 5) is 15.1. The molecule has 1 saturated heterocycles. The Kier molecular flexibility index (Phi) is 4.74. The summed E-state index contributed by atoms with van der Waals surface area (Å²) in [6.45, 7) is 1.90. The van der Waals surface area contributed by atoms with Crippen LogP contribution in [0.25, 0.3) is 5.57 Å². The summed E-state index contributed by atoms with van der Waals surface area (Å²) in [6.07, 6.45) is 9.26. The highest BCUT2D eigenvalue weighted by atomic mass is 16.2. The van der Waals surface area contributed by atoms with Gasteiger partial charge in [-0.05, 0) is 49.7 Å². The van der Waals surface area contributed by atoms with Crippen LogP contribution in [0.3, 0.4) is 0 Å². The first-order chi connectivity index (χ1) is 10.4. The van der Waals surface area contributed by atoms with Crippen LogP contribution in [0, 0.1) is 0 Å². The Morgan fingerprint density at radius 1 is 0.810 bits per heavy atom. The van der Waals surface area contributed by atoms with Crippen molar-refractivity contribution in [1.82, 2.24) is 4.90 Å². The minimum atomic E-state index is 0.315. The number of allylic oxidation sites excluding steroid dienone is 1. The number of benzene rings is 1. The zero-order valence-electron chi connectivity index (χ0n) is 12.8. The Morgan fingerprint density at radius 2 is 1.48 bits per heavy atom. The smallest absolute Gasteiger partial charge is 0.250 e. The molecule has 1 aromatic carbocycles. The van der Waals surface area contributed by atoms with Crippen LogP contribution in [-0.4, -0.2) is 23.9 Å². The molecule has 0 atom stereocenters. The number of hydrogen-bond acceptors (Lipinski definition) is 1. The summed E-state index contributed by atoms with van der Waals surface area (Å²) in [7, 11) is 0. The molecule has 0 aromatic heterocycles. The van der Waals surface area contributed by atoms with Gasteiger partial charge in [-0.15, -0.1) is 0 Å². The lowest BCUT2D eigenvalue weighted by Crippen LogP contribution is -2.34. The van der Waals surface area contributed by atoms with E-state index in [0.29, 0.717) is 5.91 Å². The maximum absolute atomic E-state index is 13.0. The van der Waals surface area contributed by atoms with Crippen molar-refractivity contribution in [3.63, 3.8) is 0 Å². The highest BCUT2D eigenvalue weighted by Gasteiger charge is 2.24. The van der Waals surface area contributed by atoms with E-state index >= 15 is 0 Å². The minimum Gasteiger partial charge on any atom is -0.339 e. The largest absolute Gasteiger partial charge is 0.339 e. The molecular weight excluding hydrogens is 258 g/mol. The second-order valence-electron chi connectivity index (χ2n) is 6.24. The number of carbonyl (C=O) groups is 1. The Labute approximate surface area is 127 Å². The molecular formula is C19H25NO. The van der Waals surface area contributed by atoms with Crippen molar-refractivity contribution >= 4 is 11.5 Å². The molecule has 0 unspecified atom stereocenters. The third-order valence-corrected chi connectivity index (χ3v) is 4.74. The van der Waals surface area contributed by atoms with Gasteiger partial charge in [-0.3, -0.25) is 4.79 Å². The van der Waals surface area contributed by atoms with E-state index in [-0.39, 0.29) is 0 Å². The predicted octanol–water partition coefficient (Wildman–Crippen LogP) is 4.42. The summed E-state index contributed by atoms with van der Waals surface area (Å²) in [5.74, 6) is 0.315. The van der Waals surface area contributed by atoms with Gasteiger partial charge in [-0.1, -0.05) is 43.2 Å². The third kappa shape index (κ3) is 3.37. The van der Waals surface area contributed by atoms with Crippen molar-refractivity contribution in [2.75, 3.05) is 13.1 Å². The Balaban J connectivity index is 1.88. The van der Waals surface area contributed by atoms with Crippen LogP contribution in [0.2, 0.25) is 0 Å². The molecule has 3 rings (SSSR count). The lowest BCUT2D eigenvalue weighted by molar-refractivity contribution is -0.127. The summed E-state index contributed by atoms with van der Waals surface area (Å²) >= 11 is 0. The number of carbonyl (C=O) groups excluding carboxylic acids is 1. The summed E-state index contributed by atoms with van der Waals surface area (Å²) in [5.41, 5.74) is 3.64. The zero-order valence-corrected chi connectivity index (χ0v) is 12.8. The highest BCUT2D eigenvalue weighted by Crippen LogP contribution is 2.33. The van der Waals surface area contributed by atoms with Gasteiger partial charge in [0.2, 0.25) is 5.91 Å². The van der Waals surface area contributed by atoms with Crippen LogP contribution in [0.5, 0.6) is 0 Å². The SMILES string of the molecule is O=C(C1=C(c2ccccc2)CCCC1)N1CCCCCC1. The van der Waals surface area contributed by atoms with E-state index in [4.69, 9.17) is 0 Å². The molecule has 21 heavy (non-hydrogen) atoms. The van der Waals surface area contributed by atoms with E-state index in [9.17, 15) is 4.79 Å². The number of hydrogen-bond donors (Lipinski definition) is 0. The van der Waals surface area contributed by atoms with Gasteiger partial charge in [-0.25, -0.2) is 0 Å². The van der Waals surface area contributed by atoms with Gasteiger partial charge in [0, 0.05) is 18.7 Å². The number of likely N-dealkylation sites (tertiary alicyclic amines) is 1. The van der Waals surface area contributed by atoms with E-state index in [2.05, 4.69) is 29.2 Å². The van der Waals surface area contributed by atoms with Crippen LogP contribution in [0.15, 0.2) is 35.9 Å². The zero-order chi connectivity index (χ0) is 14.5. The van der Waals surface area contributed by atoms with Crippen molar-refractivity contribution in [3.05, 3.63) is 41.5 Å². The van der Waals surface area contributed by atoms with Crippen LogP contribution in [0.4, 0.5) is 0 Å². The average molecular weight is 283 g/mol. The van der Waals surface area contributed by atoms with E-state index < -0.39 is 0 Å². The van der Waals surface area contributed by atoms with Crippen molar-refractivity contribution in [2.24, 2.45) is 0 Å². The molecule has 2 heteroatoms. The van der Waals surface area contributed by atoms with Crippen molar-refractivity contribution in [2.45, 2.75) is 51.4 Å². The van der Waals surface area contributed by atoms with Gasteiger partial charge < -0.3 is 4.90 Å². The molecule has 1 amide bonds. The summed E-state index contributed by atoms with van der Waals surface area (Å²) in [6, 6.07) is 10.5. The van der Waals surface area contributed by atoms with E-state index in [1.807, 2.05) is 6.07 Å². The fourth-order valence-corrected chi connectivity index (χ4v) is 3.56. The van der Waals surface area contributed by atoms with Gasteiger partial charge >= 0.3 is 0 Å². The van der Waals surface area contributed by atoms with Gasteiger partial charge in [0.15, 0.2) is 0 Å². The van der Waals surface area contributed by atoms with Crippen LogP contribution in [0.1, 0.15) is 56.9 Å². The average Bonchev–Trinajstić information content (AvgIpc) is 2.84. The molecule has 1 aliphatic heterocycles. The minimum absolute atomic E-state index is 0.315. The standard InChI is InChI=1S/C19H25NO/c21-19(20-14-8-1-2-9-15-20)18-13-7-6-12-17(18)16-10-4-3-5-11-16/h3-5,10-11H,1-2,6-9,12-15H2. The topological polar surface area (TPSA) is 20.3 Å². The van der Waals surface area contributed by atoms with E-state index in [1.54, 1.807) is 0 Å². The first kappa shape index (κ1) is 14.4. The monoisotopic (exact) mass is 283 g/mol. The summed E-state index contributed by atoms with van der Waals surface area (Å²) < 4.78 is 0. The van der Waals surface area contributed by atoms with Gasteiger partial charge in [-0.2, -0.15) is 0 Å². The molecule has 0 bridgehead atoms. The molecule has 112 valence electrons. The Bertz CT molecular complexity index is 510. The lowest BCUT2D eigenvalue weighted by Gasteiger charge is -2.26. The second-order valence-corrected chi connectivity index (χ2v) is 6.24. The maximum Gasteiger partial charge on any atom is 0.250 e. The predicted molar refractivity (Wildman–Crippen MR) is 86.9 cm³/mol. The van der Waals surface area contributed by atoms with Gasteiger partial charge in [0.25, 0.3) is 0 Å². The van der Waals surface area contributed by atoms with Crippen molar-refractivity contribution < 1.29 is 4.79 Å². The fourth-order valence-electron chi connectivity index (χ4n) is 3.56. The van der Waals surface area contributed by atoms with Crippen LogP contribution >= 0.6 is 0 Å². The fraction of sp³-hybridized carbons (Fsp3) is 0.526. The molecule has 1 aromatic rings. The van der Waals surface area contributed by atoms with Gasteiger partial charge in [0.1, 0.15) is 0 Å². The number of amides is 1. The van der Waals surface area contributed by atoms with Crippen LogP contribution < -0.4 is 0 Å². The Morgan fingerprint density at radius 3 is 2.19 bits per heavy atom. The molecule has 1 fully saturated rings.